The normalized spacial score (nSPS) is 23.0. The van der Waals surface area contributed by atoms with Crippen LogP contribution in [0.4, 0.5) is 0 Å². The van der Waals surface area contributed by atoms with Crippen LogP contribution in [0.1, 0.15) is 54.0 Å². The number of hydrogen-bond donors (Lipinski definition) is 1. The van der Waals surface area contributed by atoms with Gasteiger partial charge in [0.15, 0.2) is 11.9 Å². The van der Waals surface area contributed by atoms with E-state index in [-0.39, 0.29) is 23.2 Å². The van der Waals surface area contributed by atoms with E-state index in [1.807, 2.05) is 18.2 Å². The third kappa shape index (κ3) is 2.95. The Morgan fingerprint density at radius 3 is 2.66 bits per heavy atom. The number of hydrogen-bond acceptors (Lipinski definition) is 5. The average Bonchev–Trinajstić information content (AvgIpc) is 3.22. The molecule has 1 saturated carbocycles. The molecular weight excluding hydrogens is 370 g/mol. The third-order valence-electron chi connectivity index (χ3n) is 6.69. The molecule has 3 heterocycles. The number of carbonyl (C=O) groups is 1. The first kappa shape index (κ1) is 18.4. The number of amides is 1. The van der Waals surface area contributed by atoms with E-state index in [1.54, 1.807) is 9.47 Å². The molecule has 2 fully saturated rings. The Morgan fingerprint density at radius 1 is 1.14 bits per heavy atom. The molecule has 1 atom stereocenters. The van der Waals surface area contributed by atoms with Gasteiger partial charge in [-0.2, -0.15) is 4.98 Å². The van der Waals surface area contributed by atoms with Crippen LogP contribution < -0.4 is 5.56 Å². The topological polar surface area (TPSA) is 84.7 Å². The second-order valence-electron chi connectivity index (χ2n) is 8.35. The van der Waals surface area contributed by atoms with Gasteiger partial charge in [-0.1, -0.05) is 43.2 Å². The van der Waals surface area contributed by atoms with Gasteiger partial charge in [-0.05, 0) is 24.8 Å². The van der Waals surface area contributed by atoms with E-state index < -0.39 is 11.3 Å². The molecule has 152 valence electrons. The molecule has 29 heavy (non-hydrogen) atoms. The van der Waals surface area contributed by atoms with E-state index >= 15 is 0 Å². The van der Waals surface area contributed by atoms with Crippen LogP contribution in [0.3, 0.4) is 0 Å². The Kier molecular flexibility index (Phi) is 4.42. The highest BCUT2D eigenvalue weighted by atomic mass is 16.5. The van der Waals surface area contributed by atoms with Crippen LogP contribution in [0, 0.1) is 0 Å². The van der Waals surface area contributed by atoms with E-state index in [2.05, 4.69) is 17.1 Å². The van der Waals surface area contributed by atoms with Crippen molar-refractivity contribution in [2.45, 2.75) is 56.7 Å². The Balaban J connectivity index is 1.61. The largest absolute Gasteiger partial charge is 0.501 e. The number of rotatable bonds is 3. The molecule has 1 amide bonds. The van der Waals surface area contributed by atoms with Crippen molar-refractivity contribution < 1.29 is 14.6 Å². The first-order valence-electron chi connectivity index (χ1n) is 10.4. The summed E-state index contributed by atoms with van der Waals surface area (Å²) in [4.78, 5) is 31.4. The Labute approximate surface area is 168 Å². The van der Waals surface area contributed by atoms with Crippen LogP contribution in [0.25, 0.3) is 0 Å². The van der Waals surface area contributed by atoms with Gasteiger partial charge >= 0.3 is 5.56 Å². The van der Waals surface area contributed by atoms with Gasteiger partial charge in [0.1, 0.15) is 5.82 Å². The maximum Gasteiger partial charge on any atom is 0.315 e. The molecule has 0 bridgehead atoms. The first-order chi connectivity index (χ1) is 14.1. The molecule has 7 nitrogen and oxygen atoms in total. The SMILES string of the molecule is O=C1c2c(O)c(=O)nc(CC3(c4ccccc4)CCCC3)n2CC2OCCCN12. The molecular formula is C22H25N3O4. The van der Waals surface area contributed by atoms with E-state index in [1.165, 1.54) is 5.56 Å². The maximum absolute atomic E-state index is 13.1. The van der Waals surface area contributed by atoms with Crippen molar-refractivity contribution in [3.8, 4) is 5.75 Å². The fraction of sp³-hybridized carbons (Fsp3) is 0.500. The second kappa shape index (κ2) is 6.99. The van der Waals surface area contributed by atoms with Gasteiger partial charge in [0.25, 0.3) is 5.91 Å². The van der Waals surface area contributed by atoms with Crippen molar-refractivity contribution >= 4 is 5.91 Å². The zero-order chi connectivity index (χ0) is 20.0. The van der Waals surface area contributed by atoms with Gasteiger partial charge in [0, 0.05) is 18.4 Å². The third-order valence-corrected chi connectivity index (χ3v) is 6.69. The lowest BCUT2D eigenvalue weighted by molar-refractivity contribution is -0.0927. The van der Waals surface area contributed by atoms with Crippen LogP contribution in [0.5, 0.6) is 5.75 Å². The number of fused-ring (bicyclic) bond motifs is 2. The van der Waals surface area contributed by atoms with Crippen LogP contribution in [0.15, 0.2) is 35.1 Å². The van der Waals surface area contributed by atoms with Gasteiger partial charge in [0.2, 0.25) is 5.75 Å². The van der Waals surface area contributed by atoms with Gasteiger partial charge < -0.3 is 19.3 Å². The molecule has 1 aromatic carbocycles. The summed E-state index contributed by atoms with van der Waals surface area (Å²) in [5.74, 6) is -0.335. The number of carbonyl (C=O) groups excluding carboxylic acids is 1. The summed E-state index contributed by atoms with van der Waals surface area (Å²) in [5, 5.41) is 10.4. The van der Waals surface area contributed by atoms with Gasteiger partial charge in [-0.15, -0.1) is 0 Å². The summed E-state index contributed by atoms with van der Waals surface area (Å²) >= 11 is 0. The zero-order valence-corrected chi connectivity index (χ0v) is 16.3. The molecule has 0 radical (unpaired) electrons. The Hall–Kier alpha value is -2.67. The van der Waals surface area contributed by atoms with Crippen LogP contribution in [-0.2, 0) is 23.1 Å². The number of benzene rings is 1. The molecule has 3 aliphatic rings. The van der Waals surface area contributed by atoms with Crippen molar-refractivity contribution in [1.82, 2.24) is 14.5 Å². The fourth-order valence-electron chi connectivity index (χ4n) is 5.21. The molecule has 0 spiro atoms. The molecule has 2 aliphatic heterocycles. The Morgan fingerprint density at radius 2 is 1.90 bits per heavy atom. The molecule has 1 saturated heterocycles. The minimum atomic E-state index is -0.725. The molecule has 1 unspecified atom stereocenters. The van der Waals surface area contributed by atoms with E-state index in [0.717, 1.165) is 32.1 Å². The highest BCUT2D eigenvalue weighted by molar-refractivity contribution is 5.96. The van der Waals surface area contributed by atoms with E-state index in [9.17, 15) is 14.7 Å². The zero-order valence-electron chi connectivity index (χ0n) is 16.3. The van der Waals surface area contributed by atoms with Gasteiger partial charge in [-0.25, -0.2) is 0 Å². The van der Waals surface area contributed by atoms with Crippen LogP contribution >= 0.6 is 0 Å². The van der Waals surface area contributed by atoms with Crippen molar-refractivity contribution in [2.24, 2.45) is 0 Å². The van der Waals surface area contributed by atoms with Gasteiger partial charge in [0.05, 0.1) is 13.2 Å². The molecule has 5 rings (SSSR count). The fourth-order valence-corrected chi connectivity index (χ4v) is 5.21. The Bertz CT molecular complexity index is 995. The van der Waals surface area contributed by atoms with E-state index in [0.29, 0.717) is 31.9 Å². The highest BCUT2D eigenvalue weighted by Crippen LogP contribution is 2.43. The predicted octanol–water partition coefficient (Wildman–Crippen LogP) is 2.21. The lowest BCUT2D eigenvalue weighted by Gasteiger charge is -2.41. The van der Waals surface area contributed by atoms with Crippen molar-refractivity contribution in [3.63, 3.8) is 0 Å². The van der Waals surface area contributed by atoms with Crippen molar-refractivity contribution in [2.75, 3.05) is 13.2 Å². The molecule has 7 heteroatoms. The predicted molar refractivity (Wildman–Crippen MR) is 106 cm³/mol. The summed E-state index contributed by atoms with van der Waals surface area (Å²) < 4.78 is 7.54. The summed E-state index contributed by atoms with van der Waals surface area (Å²) in [7, 11) is 0. The maximum atomic E-state index is 13.1. The number of aromatic nitrogens is 2. The first-order valence-corrected chi connectivity index (χ1v) is 10.4. The standard InChI is InChI=1S/C22H25N3O4/c26-19-18-21(28)24-11-6-12-29-17(24)14-25(18)16(23-20(19)27)13-22(9-4-5-10-22)15-7-2-1-3-8-15/h1-3,7-8,17,26H,4-6,9-14H2. The summed E-state index contributed by atoms with van der Waals surface area (Å²) in [6.07, 6.45) is 5.24. The average molecular weight is 395 g/mol. The van der Waals surface area contributed by atoms with Crippen LogP contribution in [-0.4, -0.2) is 44.8 Å². The quantitative estimate of drug-likeness (QED) is 0.861. The number of aromatic hydroxyl groups is 1. The summed E-state index contributed by atoms with van der Waals surface area (Å²) in [6, 6.07) is 10.4. The molecule has 1 N–H and O–H groups in total. The summed E-state index contributed by atoms with van der Waals surface area (Å²) in [6.45, 7) is 1.57. The second-order valence-corrected chi connectivity index (χ2v) is 8.35. The molecule has 2 aromatic rings. The lowest BCUT2D eigenvalue weighted by Crippen LogP contribution is -2.54. The smallest absolute Gasteiger partial charge is 0.315 e. The van der Waals surface area contributed by atoms with Crippen molar-refractivity contribution in [1.29, 1.82) is 0 Å². The van der Waals surface area contributed by atoms with Gasteiger partial charge in [-0.3, -0.25) is 9.59 Å². The molecule has 1 aliphatic carbocycles. The van der Waals surface area contributed by atoms with Crippen LogP contribution in [0.2, 0.25) is 0 Å². The lowest BCUT2D eigenvalue weighted by atomic mass is 9.76. The minimum Gasteiger partial charge on any atom is -0.501 e. The van der Waals surface area contributed by atoms with Crippen molar-refractivity contribution in [3.05, 3.63) is 57.8 Å². The highest BCUT2D eigenvalue weighted by Gasteiger charge is 2.41. The number of nitrogens with zero attached hydrogens (tertiary/aromatic N) is 3. The molecule has 1 aromatic heterocycles. The number of ether oxygens (including phenoxy) is 1. The monoisotopic (exact) mass is 395 g/mol. The minimum absolute atomic E-state index is 0.0583. The van der Waals surface area contributed by atoms with E-state index in [4.69, 9.17) is 4.74 Å². The summed E-state index contributed by atoms with van der Waals surface area (Å²) in [5.41, 5.74) is 0.471.